The van der Waals surface area contributed by atoms with Gasteiger partial charge >= 0.3 is 5.97 Å². The Hall–Kier alpha value is -2.68. The van der Waals surface area contributed by atoms with Gasteiger partial charge in [0, 0.05) is 6.42 Å². The summed E-state index contributed by atoms with van der Waals surface area (Å²) in [6.45, 7) is 2.43. The predicted molar refractivity (Wildman–Crippen MR) is 123 cm³/mol. The standard InChI is InChI=1S/C22H25Cl2NO6.H3N/c1-3-4-5-10-31-20-16(23)12-15(19(27)18(20)24)21(28)25-17(22(29)30-2)11-13-6-8-14(26)9-7-13;/h6-9,12,17,26-27H,3-5,10-11H2,1-2H3,(H,25,28);1H3/t17-;/m0./s1. The summed E-state index contributed by atoms with van der Waals surface area (Å²) >= 11 is 12.4. The number of carbonyl (C=O) groups is 2. The molecule has 0 heterocycles. The van der Waals surface area contributed by atoms with Gasteiger partial charge in [-0.3, -0.25) is 4.79 Å². The van der Waals surface area contributed by atoms with Crippen molar-refractivity contribution in [3.63, 3.8) is 0 Å². The second-order valence-corrected chi connectivity index (χ2v) is 7.66. The zero-order valence-electron chi connectivity index (χ0n) is 18.0. The van der Waals surface area contributed by atoms with E-state index in [2.05, 4.69) is 12.2 Å². The Labute approximate surface area is 197 Å². The molecule has 0 aliphatic carbocycles. The van der Waals surface area contributed by atoms with Crippen LogP contribution in [0.3, 0.4) is 0 Å². The van der Waals surface area contributed by atoms with Crippen molar-refractivity contribution in [3.05, 3.63) is 51.5 Å². The quantitative estimate of drug-likeness (QED) is 0.282. The minimum Gasteiger partial charge on any atom is -0.508 e. The Morgan fingerprint density at radius 3 is 2.38 bits per heavy atom. The highest BCUT2D eigenvalue weighted by molar-refractivity contribution is 6.39. The third-order valence-corrected chi connectivity index (χ3v) is 5.19. The number of halogens is 2. The minimum absolute atomic E-state index is 0. The number of hydrogen-bond acceptors (Lipinski definition) is 7. The van der Waals surface area contributed by atoms with Gasteiger partial charge in [-0.1, -0.05) is 55.1 Å². The molecule has 0 fully saturated rings. The average molecular weight is 487 g/mol. The van der Waals surface area contributed by atoms with Crippen LogP contribution in [0.1, 0.15) is 42.1 Å². The zero-order chi connectivity index (χ0) is 23.0. The molecule has 2 aromatic carbocycles. The van der Waals surface area contributed by atoms with E-state index in [1.807, 2.05) is 0 Å². The number of rotatable bonds is 10. The fourth-order valence-corrected chi connectivity index (χ4v) is 3.43. The number of unbranched alkanes of at least 4 members (excludes halogenated alkanes) is 2. The van der Waals surface area contributed by atoms with Crippen LogP contribution in [0.4, 0.5) is 0 Å². The number of nitrogens with one attached hydrogen (secondary N) is 1. The minimum atomic E-state index is -1.04. The molecule has 1 amide bonds. The van der Waals surface area contributed by atoms with Crippen LogP contribution in [0, 0.1) is 0 Å². The number of carbonyl (C=O) groups excluding carboxylic acids is 2. The highest BCUT2D eigenvalue weighted by atomic mass is 35.5. The van der Waals surface area contributed by atoms with Crippen LogP contribution in [0.5, 0.6) is 17.2 Å². The summed E-state index contributed by atoms with van der Waals surface area (Å²) in [5, 5.41) is 22.2. The first-order valence-electron chi connectivity index (χ1n) is 9.78. The molecule has 6 N–H and O–H groups in total. The molecule has 0 unspecified atom stereocenters. The molecular weight excluding hydrogens is 459 g/mol. The first-order valence-corrected chi connectivity index (χ1v) is 10.5. The van der Waals surface area contributed by atoms with Crippen molar-refractivity contribution in [1.82, 2.24) is 11.5 Å². The van der Waals surface area contributed by atoms with E-state index in [0.29, 0.717) is 12.2 Å². The molecule has 0 bridgehead atoms. The van der Waals surface area contributed by atoms with E-state index in [-0.39, 0.29) is 39.7 Å². The Balaban J connectivity index is 0.00000512. The molecule has 0 aliphatic heterocycles. The van der Waals surface area contributed by atoms with Gasteiger partial charge in [0.2, 0.25) is 0 Å². The lowest BCUT2D eigenvalue weighted by Crippen LogP contribution is -2.43. The number of esters is 1. The first-order chi connectivity index (χ1) is 14.8. The Morgan fingerprint density at radius 2 is 1.78 bits per heavy atom. The highest BCUT2D eigenvalue weighted by Gasteiger charge is 2.26. The van der Waals surface area contributed by atoms with Crippen LogP contribution in [0.25, 0.3) is 0 Å². The van der Waals surface area contributed by atoms with Crippen molar-refractivity contribution in [2.24, 2.45) is 0 Å². The van der Waals surface area contributed by atoms with Crippen molar-refractivity contribution in [2.75, 3.05) is 13.7 Å². The number of methoxy groups -OCH3 is 1. The van der Waals surface area contributed by atoms with Crippen LogP contribution >= 0.6 is 23.2 Å². The largest absolute Gasteiger partial charge is 0.508 e. The summed E-state index contributed by atoms with van der Waals surface area (Å²) in [6.07, 6.45) is 2.89. The van der Waals surface area contributed by atoms with Gasteiger partial charge in [-0.05, 0) is 30.2 Å². The van der Waals surface area contributed by atoms with Crippen molar-refractivity contribution in [2.45, 2.75) is 38.6 Å². The molecule has 1 atom stereocenters. The highest BCUT2D eigenvalue weighted by Crippen LogP contribution is 2.42. The van der Waals surface area contributed by atoms with Gasteiger partial charge in [0.15, 0.2) is 11.5 Å². The van der Waals surface area contributed by atoms with Gasteiger partial charge in [0.05, 0.1) is 24.3 Å². The van der Waals surface area contributed by atoms with Gasteiger partial charge in [0.1, 0.15) is 16.8 Å². The van der Waals surface area contributed by atoms with E-state index in [9.17, 15) is 19.8 Å². The molecule has 0 spiro atoms. The smallest absolute Gasteiger partial charge is 0.328 e. The first kappa shape index (κ1) is 27.4. The van der Waals surface area contributed by atoms with E-state index in [1.54, 1.807) is 12.1 Å². The van der Waals surface area contributed by atoms with E-state index in [1.165, 1.54) is 25.3 Å². The predicted octanol–water partition coefficient (Wildman–Crippen LogP) is 4.65. The van der Waals surface area contributed by atoms with Crippen molar-refractivity contribution < 1.29 is 29.3 Å². The van der Waals surface area contributed by atoms with E-state index >= 15 is 0 Å². The third-order valence-electron chi connectivity index (χ3n) is 4.56. The van der Waals surface area contributed by atoms with Crippen LogP contribution in [-0.4, -0.2) is 41.8 Å². The van der Waals surface area contributed by atoms with Gasteiger partial charge < -0.3 is 31.2 Å². The van der Waals surface area contributed by atoms with Crippen LogP contribution < -0.4 is 16.2 Å². The molecule has 32 heavy (non-hydrogen) atoms. The van der Waals surface area contributed by atoms with Gasteiger partial charge in [-0.25, -0.2) is 4.79 Å². The zero-order valence-corrected chi connectivity index (χ0v) is 19.5. The maximum atomic E-state index is 12.8. The number of benzene rings is 2. The molecule has 0 saturated carbocycles. The molecule has 0 aliphatic rings. The second kappa shape index (κ2) is 13.0. The maximum absolute atomic E-state index is 12.8. The van der Waals surface area contributed by atoms with Crippen molar-refractivity contribution in [1.29, 1.82) is 0 Å². The molecule has 8 nitrogen and oxygen atoms in total. The molecule has 0 saturated heterocycles. The lowest BCUT2D eigenvalue weighted by atomic mass is 10.0. The molecular formula is C22H28Cl2N2O6. The lowest BCUT2D eigenvalue weighted by molar-refractivity contribution is -0.142. The topological polar surface area (TPSA) is 140 Å². The number of hydrogen-bond donors (Lipinski definition) is 4. The number of phenols is 2. The molecule has 176 valence electrons. The summed E-state index contributed by atoms with van der Waals surface area (Å²) < 4.78 is 10.3. The SMILES string of the molecule is CCCCCOc1c(Cl)cc(C(=O)N[C@@H](Cc2ccc(O)cc2)C(=O)OC)c(O)c1Cl.N. The lowest BCUT2D eigenvalue weighted by Gasteiger charge is -2.18. The molecule has 0 radical (unpaired) electrons. The fraction of sp³-hybridized carbons (Fsp3) is 0.364. The monoisotopic (exact) mass is 486 g/mol. The fourth-order valence-electron chi connectivity index (χ4n) is 2.86. The number of phenolic OH excluding ortho intramolecular Hbond substituents is 2. The van der Waals surface area contributed by atoms with E-state index in [0.717, 1.165) is 19.3 Å². The summed E-state index contributed by atoms with van der Waals surface area (Å²) in [5.74, 6) is -1.75. The molecule has 0 aromatic heterocycles. The third kappa shape index (κ3) is 7.19. The Morgan fingerprint density at radius 1 is 1.12 bits per heavy atom. The van der Waals surface area contributed by atoms with Gasteiger partial charge in [-0.15, -0.1) is 0 Å². The van der Waals surface area contributed by atoms with E-state index in [4.69, 9.17) is 32.7 Å². The molecule has 2 rings (SSSR count). The van der Waals surface area contributed by atoms with Crippen molar-refractivity contribution in [3.8, 4) is 17.2 Å². The van der Waals surface area contributed by atoms with Crippen LogP contribution in [0.2, 0.25) is 10.0 Å². The Kier molecular flexibility index (Phi) is 11.1. The van der Waals surface area contributed by atoms with Crippen LogP contribution in [-0.2, 0) is 16.0 Å². The Bertz CT molecular complexity index is 922. The van der Waals surface area contributed by atoms with Gasteiger partial charge in [-0.2, -0.15) is 0 Å². The molecule has 10 heteroatoms. The normalized spacial score (nSPS) is 11.2. The summed E-state index contributed by atoms with van der Waals surface area (Å²) in [6, 6.07) is 6.37. The number of ether oxygens (including phenoxy) is 2. The summed E-state index contributed by atoms with van der Waals surface area (Å²) in [4.78, 5) is 25.0. The molecule has 2 aromatic rings. The number of amides is 1. The summed E-state index contributed by atoms with van der Waals surface area (Å²) in [7, 11) is 1.20. The van der Waals surface area contributed by atoms with Crippen molar-refractivity contribution >= 4 is 35.1 Å². The maximum Gasteiger partial charge on any atom is 0.328 e. The van der Waals surface area contributed by atoms with Crippen LogP contribution in [0.15, 0.2) is 30.3 Å². The number of aromatic hydroxyl groups is 2. The van der Waals surface area contributed by atoms with E-state index < -0.39 is 23.7 Å². The average Bonchev–Trinajstić information content (AvgIpc) is 2.76. The summed E-state index contributed by atoms with van der Waals surface area (Å²) in [5.41, 5.74) is 0.486. The second-order valence-electron chi connectivity index (χ2n) is 6.87. The van der Waals surface area contributed by atoms with Gasteiger partial charge in [0.25, 0.3) is 5.91 Å².